The van der Waals surface area contributed by atoms with E-state index < -0.39 is 0 Å². The van der Waals surface area contributed by atoms with E-state index in [1.54, 1.807) is 25.1 Å². The Morgan fingerprint density at radius 2 is 2.12 bits per heavy atom. The molecule has 0 unspecified atom stereocenters. The summed E-state index contributed by atoms with van der Waals surface area (Å²) in [7, 11) is 3.37. The van der Waals surface area contributed by atoms with Crippen LogP contribution >= 0.6 is 0 Å². The van der Waals surface area contributed by atoms with Crippen molar-refractivity contribution in [2.24, 2.45) is 0 Å². The minimum atomic E-state index is 0.0509. The van der Waals surface area contributed by atoms with E-state index in [4.69, 9.17) is 10.5 Å². The van der Waals surface area contributed by atoms with Gasteiger partial charge in [-0.15, -0.1) is 0 Å². The van der Waals surface area contributed by atoms with Crippen molar-refractivity contribution in [2.45, 2.75) is 12.8 Å². The number of amides is 1. The van der Waals surface area contributed by atoms with E-state index in [-0.39, 0.29) is 5.91 Å². The predicted molar refractivity (Wildman–Crippen MR) is 65.4 cm³/mol. The predicted octanol–water partition coefficient (Wildman–Crippen LogP) is 1.66. The van der Waals surface area contributed by atoms with Crippen LogP contribution in [0.5, 0.6) is 0 Å². The summed E-state index contributed by atoms with van der Waals surface area (Å²) < 4.78 is 4.91. The third-order valence-corrected chi connectivity index (χ3v) is 2.41. The fourth-order valence-corrected chi connectivity index (χ4v) is 1.46. The second-order valence-corrected chi connectivity index (χ2v) is 3.61. The topological polar surface area (TPSA) is 55.6 Å². The summed E-state index contributed by atoms with van der Waals surface area (Å²) >= 11 is 0. The molecule has 1 aromatic carbocycles. The van der Waals surface area contributed by atoms with E-state index in [0.29, 0.717) is 18.7 Å². The first-order valence-electron chi connectivity index (χ1n) is 5.27. The maximum atomic E-state index is 11.8. The number of nitrogen functional groups attached to an aromatic ring is 1. The van der Waals surface area contributed by atoms with E-state index >= 15 is 0 Å². The summed E-state index contributed by atoms with van der Waals surface area (Å²) in [5, 5.41) is 0. The van der Waals surface area contributed by atoms with Crippen molar-refractivity contribution in [1.29, 1.82) is 0 Å². The summed E-state index contributed by atoms with van der Waals surface area (Å²) in [5.74, 6) is 0.0509. The zero-order chi connectivity index (χ0) is 12.0. The molecule has 0 spiro atoms. The highest BCUT2D eigenvalue weighted by molar-refractivity contribution is 5.95. The number of rotatable bonds is 5. The SMILES string of the molecule is COCCCC(=O)N(C)c1ccccc1N. The molecule has 2 N–H and O–H groups in total. The van der Waals surface area contributed by atoms with Crippen molar-refractivity contribution in [3.05, 3.63) is 24.3 Å². The van der Waals surface area contributed by atoms with E-state index in [1.165, 1.54) is 0 Å². The highest BCUT2D eigenvalue weighted by Gasteiger charge is 2.12. The van der Waals surface area contributed by atoms with Gasteiger partial charge in [0, 0.05) is 27.2 Å². The lowest BCUT2D eigenvalue weighted by Crippen LogP contribution is -2.26. The van der Waals surface area contributed by atoms with Gasteiger partial charge in [0.15, 0.2) is 0 Å². The fraction of sp³-hybridized carbons (Fsp3) is 0.417. The number of methoxy groups -OCH3 is 1. The molecule has 1 rings (SSSR count). The Hall–Kier alpha value is -1.55. The smallest absolute Gasteiger partial charge is 0.226 e. The van der Waals surface area contributed by atoms with Gasteiger partial charge in [0.1, 0.15) is 0 Å². The number of para-hydroxylation sites is 2. The molecule has 88 valence electrons. The minimum Gasteiger partial charge on any atom is -0.397 e. The number of hydrogen-bond donors (Lipinski definition) is 1. The number of ether oxygens (including phenoxy) is 1. The molecule has 4 heteroatoms. The van der Waals surface area contributed by atoms with E-state index in [9.17, 15) is 4.79 Å². The summed E-state index contributed by atoms with van der Waals surface area (Å²) in [4.78, 5) is 13.4. The highest BCUT2D eigenvalue weighted by atomic mass is 16.5. The van der Waals surface area contributed by atoms with Crippen LogP contribution in [0.3, 0.4) is 0 Å². The molecule has 0 aliphatic carbocycles. The molecule has 0 radical (unpaired) electrons. The van der Waals surface area contributed by atoms with Crippen LogP contribution < -0.4 is 10.6 Å². The van der Waals surface area contributed by atoms with Gasteiger partial charge in [0.25, 0.3) is 0 Å². The number of carbonyl (C=O) groups excluding carboxylic acids is 1. The lowest BCUT2D eigenvalue weighted by atomic mass is 10.2. The first kappa shape index (κ1) is 12.5. The first-order chi connectivity index (χ1) is 7.66. The number of hydrogen-bond acceptors (Lipinski definition) is 3. The molecule has 0 saturated carbocycles. The average molecular weight is 222 g/mol. The van der Waals surface area contributed by atoms with Crippen LogP contribution in [0.15, 0.2) is 24.3 Å². The number of nitrogens with zero attached hydrogens (tertiary/aromatic N) is 1. The molecule has 4 nitrogen and oxygen atoms in total. The van der Waals surface area contributed by atoms with Gasteiger partial charge >= 0.3 is 0 Å². The lowest BCUT2D eigenvalue weighted by Gasteiger charge is -2.18. The molecule has 0 bridgehead atoms. The van der Waals surface area contributed by atoms with Crippen molar-refractivity contribution in [2.75, 3.05) is 31.4 Å². The lowest BCUT2D eigenvalue weighted by molar-refractivity contribution is -0.118. The molecule has 0 saturated heterocycles. The van der Waals surface area contributed by atoms with Crippen LogP contribution in [0.25, 0.3) is 0 Å². The summed E-state index contributed by atoms with van der Waals surface area (Å²) in [6.45, 7) is 0.601. The Kier molecular flexibility index (Phi) is 4.79. The molecular weight excluding hydrogens is 204 g/mol. The molecule has 1 amide bonds. The molecule has 0 fully saturated rings. The monoisotopic (exact) mass is 222 g/mol. The van der Waals surface area contributed by atoms with Crippen LogP contribution in [0.2, 0.25) is 0 Å². The molecule has 0 aliphatic rings. The maximum Gasteiger partial charge on any atom is 0.226 e. The van der Waals surface area contributed by atoms with Crippen LogP contribution in [0.4, 0.5) is 11.4 Å². The molecule has 16 heavy (non-hydrogen) atoms. The largest absolute Gasteiger partial charge is 0.397 e. The Labute approximate surface area is 96.0 Å². The standard InChI is InChI=1S/C12H18N2O2/c1-14(12(15)8-5-9-16-2)11-7-4-3-6-10(11)13/h3-4,6-7H,5,8-9,13H2,1-2H3. The minimum absolute atomic E-state index is 0.0509. The maximum absolute atomic E-state index is 11.8. The summed E-state index contributed by atoms with van der Waals surface area (Å²) in [6.07, 6.45) is 1.20. The molecule has 0 aromatic heterocycles. The molecule has 0 aliphatic heterocycles. The summed E-state index contributed by atoms with van der Waals surface area (Å²) in [5.41, 5.74) is 7.17. The zero-order valence-electron chi connectivity index (χ0n) is 9.77. The number of benzene rings is 1. The van der Waals surface area contributed by atoms with Crippen LogP contribution in [-0.2, 0) is 9.53 Å². The second kappa shape index (κ2) is 6.12. The number of nitrogens with two attached hydrogens (primary N) is 1. The third-order valence-electron chi connectivity index (χ3n) is 2.41. The highest BCUT2D eigenvalue weighted by Crippen LogP contribution is 2.21. The van der Waals surface area contributed by atoms with Crippen LogP contribution in [0.1, 0.15) is 12.8 Å². The van der Waals surface area contributed by atoms with Gasteiger partial charge < -0.3 is 15.4 Å². The van der Waals surface area contributed by atoms with Gasteiger partial charge in [-0.05, 0) is 18.6 Å². The third kappa shape index (κ3) is 3.24. The summed E-state index contributed by atoms with van der Waals surface area (Å²) in [6, 6.07) is 7.34. The van der Waals surface area contributed by atoms with Gasteiger partial charge in [-0.3, -0.25) is 4.79 Å². The Balaban J connectivity index is 2.60. The normalized spacial score (nSPS) is 10.1. The molecular formula is C12H18N2O2. The van der Waals surface area contributed by atoms with Crippen molar-refractivity contribution in [3.8, 4) is 0 Å². The zero-order valence-corrected chi connectivity index (χ0v) is 9.77. The van der Waals surface area contributed by atoms with Crippen molar-refractivity contribution in [1.82, 2.24) is 0 Å². The molecule has 1 aromatic rings. The van der Waals surface area contributed by atoms with E-state index in [0.717, 1.165) is 12.1 Å². The molecule has 0 atom stereocenters. The van der Waals surface area contributed by atoms with Crippen LogP contribution in [-0.4, -0.2) is 26.7 Å². The number of carbonyl (C=O) groups is 1. The van der Waals surface area contributed by atoms with E-state index in [1.807, 2.05) is 18.2 Å². The first-order valence-corrected chi connectivity index (χ1v) is 5.27. The van der Waals surface area contributed by atoms with Gasteiger partial charge in [-0.1, -0.05) is 12.1 Å². The average Bonchev–Trinajstić information content (AvgIpc) is 2.29. The van der Waals surface area contributed by atoms with Crippen molar-refractivity contribution < 1.29 is 9.53 Å². The van der Waals surface area contributed by atoms with Crippen molar-refractivity contribution in [3.63, 3.8) is 0 Å². The second-order valence-electron chi connectivity index (χ2n) is 3.61. The van der Waals surface area contributed by atoms with Gasteiger partial charge in [-0.25, -0.2) is 0 Å². The Morgan fingerprint density at radius 3 is 2.75 bits per heavy atom. The van der Waals surface area contributed by atoms with Gasteiger partial charge in [0.05, 0.1) is 11.4 Å². The van der Waals surface area contributed by atoms with Gasteiger partial charge in [-0.2, -0.15) is 0 Å². The van der Waals surface area contributed by atoms with Gasteiger partial charge in [0.2, 0.25) is 5.91 Å². The van der Waals surface area contributed by atoms with Crippen molar-refractivity contribution >= 4 is 17.3 Å². The Morgan fingerprint density at radius 1 is 1.44 bits per heavy atom. The quantitative estimate of drug-likeness (QED) is 0.609. The number of anilines is 2. The van der Waals surface area contributed by atoms with Crippen LogP contribution in [0, 0.1) is 0 Å². The molecule has 0 heterocycles. The Bertz CT molecular complexity index is 353. The fourth-order valence-electron chi connectivity index (χ4n) is 1.46. The van der Waals surface area contributed by atoms with E-state index in [2.05, 4.69) is 0 Å².